The summed E-state index contributed by atoms with van der Waals surface area (Å²) >= 11 is 4.78. The Kier molecular flexibility index (Phi) is 15.4. The van der Waals surface area contributed by atoms with Crippen molar-refractivity contribution in [3.8, 4) is 0 Å². The summed E-state index contributed by atoms with van der Waals surface area (Å²) in [6.07, 6.45) is 4.54. The first-order chi connectivity index (χ1) is 16.6. The molecule has 0 aliphatic carbocycles. The van der Waals surface area contributed by atoms with Crippen LogP contribution >= 0.6 is 27.7 Å². The van der Waals surface area contributed by atoms with Gasteiger partial charge >= 0.3 is 5.97 Å². The maximum absolute atomic E-state index is 11.9. The fraction of sp³-hybridized carbons (Fsp3) is 0.731. The molecule has 0 aromatic heterocycles. The zero-order valence-corrected chi connectivity index (χ0v) is 23.2. The van der Waals surface area contributed by atoms with Gasteiger partial charge in [0.1, 0.15) is 41.8 Å². The number of thioether (sulfide) groups is 1. The Bertz CT molecular complexity index is 664. The largest absolute Gasteiger partial charge is 0.462 e. The number of alkyl halides is 1. The highest BCUT2D eigenvalue weighted by atomic mass is 79.9. The number of ether oxygens (including phenoxy) is 5. The van der Waals surface area contributed by atoms with Gasteiger partial charge in [-0.25, -0.2) is 0 Å². The Morgan fingerprint density at radius 2 is 1.44 bits per heavy atom. The van der Waals surface area contributed by atoms with Crippen molar-refractivity contribution >= 4 is 33.7 Å². The molecule has 0 N–H and O–H groups in total. The summed E-state index contributed by atoms with van der Waals surface area (Å²) in [7, 11) is 0. The first kappa shape index (κ1) is 29.6. The van der Waals surface area contributed by atoms with E-state index in [1.165, 1.54) is 0 Å². The molecule has 5 atom stereocenters. The first-order valence-corrected chi connectivity index (χ1v) is 14.6. The molecule has 1 saturated heterocycles. The number of unbranched alkanes of at least 4 members (excludes halogenated alkanes) is 3. The molecule has 1 heterocycles. The third-order valence-corrected chi connectivity index (χ3v) is 7.14. The number of carbonyl (C=O) groups is 1. The lowest BCUT2D eigenvalue weighted by Gasteiger charge is -2.45. The van der Waals surface area contributed by atoms with Gasteiger partial charge in [-0.2, -0.15) is 0 Å². The summed E-state index contributed by atoms with van der Waals surface area (Å²) < 4.78 is 31.2. The number of rotatable bonds is 17. The van der Waals surface area contributed by atoms with Gasteiger partial charge in [-0.15, -0.1) is 0 Å². The van der Waals surface area contributed by atoms with Crippen LogP contribution in [0.15, 0.2) is 35.2 Å². The zero-order valence-electron chi connectivity index (χ0n) is 20.8. The molecule has 34 heavy (non-hydrogen) atoms. The van der Waals surface area contributed by atoms with Crippen molar-refractivity contribution in [3.05, 3.63) is 30.3 Å². The van der Waals surface area contributed by atoms with Crippen molar-refractivity contribution in [3.63, 3.8) is 0 Å². The molecule has 1 aliphatic rings. The van der Waals surface area contributed by atoms with Crippen LogP contribution in [0, 0.1) is 0 Å². The van der Waals surface area contributed by atoms with Crippen molar-refractivity contribution in [2.24, 2.45) is 0 Å². The molecule has 0 radical (unpaired) electrons. The fourth-order valence-corrected chi connectivity index (χ4v) is 4.92. The number of hydrogen-bond acceptors (Lipinski definition) is 7. The smallest absolute Gasteiger partial charge is 0.316 e. The normalized spacial score (nSPS) is 24.8. The van der Waals surface area contributed by atoms with E-state index in [9.17, 15) is 4.79 Å². The van der Waals surface area contributed by atoms with Crippen molar-refractivity contribution < 1.29 is 28.5 Å². The Hall–Kier alpha value is -0.640. The predicted octanol–water partition coefficient (Wildman–Crippen LogP) is 6.00. The Morgan fingerprint density at radius 1 is 0.882 bits per heavy atom. The summed E-state index contributed by atoms with van der Waals surface area (Å²) in [4.78, 5) is 13.0. The molecule has 3 unspecified atom stereocenters. The predicted molar refractivity (Wildman–Crippen MR) is 140 cm³/mol. The molecule has 8 heteroatoms. The molecule has 0 saturated carbocycles. The number of hydrogen-bond donors (Lipinski definition) is 0. The highest BCUT2D eigenvalue weighted by molar-refractivity contribution is 9.09. The highest BCUT2D eigenvalue weighted by Gasteiger charge is 2.49. The maximum Gasteiger partial charge on any atom is 0.316 e. The molecule has 2 rings (SSSR count). The van der Waals surface area contributed by atoms with Gasteiger partial charge < -0.3 is 23.7 Å². The van der Waals surface area contributed by atoms with Crippen LogP contribution in [0.5, 0.6) is 0 Å². The fourth-order valence-electron chi connectivity index (χ4n) is 3.61. The van der Waals surface area contributed by atoms with Gasteiger partial charge in [0.25, 0.3) is 0 Å². The van der Waals surface area contributed by atoms with Crippen LogP contribution in [0.2, 0.25) is 0 Å². The molecule has 1 aromatic carbocycles. The van der Waals surface area contributed by atoms with Crippen LogP contribution in [-0.4, -0.2) is 67.6 Å². The van der Waals surface area contributed by atoms with Gasteiger partial charge in [0.2, 0.25) is 0 Å². The van der Waals surface area contributed by atoms with Gasteiger partial charge in [-0.3, -0.25) is 4.79 Å². The number of halogens is 1. The van der Waals surface area contributed by atoms with Crippen molar-refractivity contribution in [1.82, 2.24) is 0 Å². The minimum atomic E-state index is -0.446. The second kappa shape index (κ2) is 17.7. The molecule has 0 amide bonds. The molecular weight excluding hydrogens is 520 g/mol. The lowest BCUT2D eigenvalue weighted by molar-refractivity contribution is -0.246. The third kappa shape index (κ3) is 10.2. The second-order valence-corrected chi connectivity index (χ2v) is 10.1. The average Bonchev–Trinajstić information content (AvgIpc) is 2.86. The van der Waals surface area contributed by atoms with Gasteiger partial charge in [-0.1, -0.05) is 85.9 Å². The molecule has 1 aliphatic heterocycles. The number of carbonyl (C=O) groups excluding carboxylic acids is 1. The van der Waals surface area contributed by atoms with Crippen LogP contribution in [0.1, 0.15) is 59.3 Å². The lowest BCUT2D eigenvalue weighted by Crippen LogP contribution is -2.60. The molecule has 1 aromatic rings. The molecule has 6 nitrogen and oxygen atoms in total. The van der Waals surface area contributed by atoms with Crippen LogP contribution in [0.25, 0.3) is 0 Å². The maximum atomic E-state index is 11.9. The monoisotopic (exact) mass is 560 g/mol. The highest BCUT2D eigenvalue weighted by Crippen LogP contribution is 2.37. The quantitative estimate of drug-likeness (QED) is 0.131. The van der Waals surface area contributed by atoms with E-state index in [-0.39, 0.29) is 41.7 Å². The van der Waals surface area contributed by atoms with Crippen molar-refractivity contribution in [2.75, 3.05) is 31.8 Å². The minimum absolute atomic E-state index is 0.113. The second-order valence-electron chi connectivity index (χ2n) is 8.36. The van der Waals surface area contributed by atoms with Crippen molar-refractivity contribution in [1.29, 1.82) is 0 Å². The Balaban J connectivity index is 2.32. The van der Waals surface area contributed by atoms with E-state index in [4.69, 9.17) is 23.7 Å². The van der Waals surface area contributed by atoms with Gasteiger partial charge in [-0.05, 0) is 31.4 Å². The summed E-state index contributed by atoms with van der Waals surface area (Å²) in [5.74, 6) is -0.326. The van der Waals surface area contributed by atoms with E-state index in [1.807, 2.05) is 18.2 Å². The van der Waals surface area contributed by atoms with E-state index in [0.717, 1.165) is 43.4 Å². The number of esters is 1. The standard InChI is InChI=1S/C26H41BrO6S/c1-4-7-15-29-23-21(19-32-22(28)18-27)33-26(34-20-13-11-10-12-14-20)25(31-17-9-6-3)24(23)30-16-8-5-2/h10-14,21,23-26H,4-9,15-19H2,1-3H3/t21?,23-,24?,25?,26+/m1/s1. The molecule has 0 spiro atoms. The number of benzene rings is 1. The van der Waals surface area contributed by atoms with E-state index in [0.29, 0.717) is 19.8 Å². The van der Waals surface area contributed by atoms with Gasteiger partial charge in [0.05, 0.1) is 0 Å². The summed E-state index contributed by atoms with van der Waals surface area (Å²) in [6, 6.07) is 10.2. The average molecular weight is 562 g/mol. The van der Waals surface area contributed by atoms with Crippen LogP contribution in [0.3, 0.4) is 0 Å². The third-order valence-electron chi connectivity index (χ3n) is 5.53. The topological polar surface area (TPSA) is 63.2 Å². The molecule has 0 bridgehead atoms. The van der Waals surface area contributed by atoms with Gasteiger partial charge in [0, 0.05) is 24.7 Å². The van der Waals surface area contributed by atoms with E-state index in [2.05, 4.69) is 48.8 Å². The summed E-state index contributed by atoms with van der Waals surface area (Å²) in [6.45, 7) is 8.40. The minimum Gasteiger partial charge on any atom is -0.462 e. The van der Waals surface area contributed by atoms with Crippen LogP contribution in [0.4, 0.5) is 0 Å². The molecule has 1 fully saturated rings. The van der Waals surface area contributed by atoms with E-state index < -0.39 is 6.10 Å². The van der Waals surface area contributed by atoms with E-state index >= 15 is 0 Å². The summed E-state index contributed by atoms with van der Waals surface area (Å²) in [5, 5.41) is 0.141. The van der Waals surface area contributed by atoms with Crippen molar-refractivity contribution in [2.45, 2.75) is 94.0 Å². The van der Waals surface area contributed by atoms with Crippen LogP contribution in [-0.2, 0) is 28.5 Å². The lowest BCUT2D eigenvalue weighted by atomic mass is 9.99. The first-order valence-electron chi connectivity index (χ1n) is 12.6. The molecule has 194 valence electrons. The van der Waals surface area contributed by atoms with Gasteiger partial charge in [0.15, 0.2) is 0 Å². The van der Waals surface area contributed by atoms with E-state index in [1.54, 1.807) is 11.8 Å². The summed E-state index contributed by atoms with van der Waals surface area (Å²) in [5.41, 5.74) is -0.315. The molecular formula is C26H41BrO6S. The Labute approximate surface area is 217 Å². The zero-order chi connectivity index (χ0) is 24.6. The SMILES string of the molecule is CCCCOC1C(OCCCC)[C@H](Sc2ccccc2)OC(COC(=O)CBr)[C@H]1OCCCC. The van der Waals surface area contributed by atoms with Crippen LogP contribution < -0.4 is 0 Å². The Morgan fingerprint density at radius 3 is 2.00 bits per heavy atom.